The van der Waals surface area contributed by atoms with Gasteiger partial charge in [-0.2, -0.15) is 0 Å². The lowest BCUT2D eigenvalue weighted by Crippen LogP contribution is -2.07. The molecular weight excluding hydrogens is 195 g/mol. The summed E-state index contributed by atoms with van der Waals surface area (Å²) >= 11 is 0. The zero-order valence-electron chi connectivity index (χ0n) is 9.00. The number of aldehydes is 1. The Balaban J connectivity index is 2.65. The molecule has 0 N–H and O–H groups in total. The molecule has 0 amide bonds. The highest BCUT2D eigenvalue weighted by atomic mass is 19.1. The zero-order chi connectivity index (χ0) is 11.3. The zero-order valence-corrected chi connectivity index (χ0v) is 9.00. The molecule has 3 heteroatoms. The van der Waals surface area contributed by atoms with Gasteiger partial charge in [0.15, 0.2) is 0 Å². The summed E-state index contributed by atoms with van der Waals surface area (Å²) in [6.07, 6.45) is 1.64. The molecule has 0 spiro atoms. The monoisotopic (exact) mass is 210 g/mol. The lowest BCUT2D eigenvalue weighted by molar-refractivity contribution is 0.0492. The molecule has 0 saturated carbocycles. The number of halogens is 1. The second kappa shape index (κ2) is 5.61. The molecule has 1 aromatic carbocycles. The lowest BCUT2D eigenvalue weighted by Gasteiger charge is -2.11. The third-order valence-electron chi connectivity index (χ3n) is 2.31. The number of rotatable bonds is 5. The first kappa shape index (κ1) is 11.9. The summed E-state index contributed by atoms with van der Waals surface area (Å²) in [5.74, 6) is -0.386. The van der Waals surface area contributed by atoms with Crippen molar-refractivity contribution in [1.29, 1.82) is 0 Å². The van der Waals surface area contributed by atoms with E-state index in [0.717, 1.165) is 6.42 Å². The fraction of sp³-hybridized carbons (Fsp3) is 0.417. The van der Waals surface area contributed by atoms with Crippen molar-refractivity contribution < 1.29 is 13.9 Å². The molecule has 2 nitrogen and oxygen atoms in total. The normalized spacial score (nSPS) is 12.5. The summed E-state index contributed by atoms with van der Waals surface area (Å²) in [6, 6.07) is 4.40. The van der Waals surface area contributed by atoms with E-state index in [-0.39, 0.29) is 18.5 Å². The highest BCUT2D eigenvalue weighted by Crippen LogP contribution is 2.12. The molecule has 0 aliphatic heterocycles. The van der Waals surface area contributed by atoms with E-state index < -0.39 is 0 Å². The number of hydrogen-bond acceptors (Lipinski definition) is 2. The van der Waals surface area contributed by atoms with Crippen molar-refractivity contribution in [1.82, 2.24) is 0 Å². The van der Waals surface area contributed by atoms with Crippen molar-refractivity contribution in [3.8, 4) is 0 Å². The highest BCUT2D eigenvalue weighted by molar-refractivity contribution is 5.74. The van der Waals surface area contributed by atoms with Crippen LogP contribution in [-0.4, -0.2) is 12.4 Å². The van der Waals surface area contributed by atoms with Crippen molar-refractivity contribution in [2.45, 2.75) is 33.0 Å². The fourth-order valence-electron chi connectivity index (χ4n) is 1.10. The summed E-state index contributed by atoms with van der Waals surface area (Å²) in [5.41, 5.74) is 0.834. The predicted octanol–water partition coefficient (Wildman–Crippen LogP) is 2.95. The first-order valence-electron chi connectivity index (χ1n) is 5.02. The molecule has 0 radical (unpaired) electrons. The van der Waals surface area contributed by atoms with Crippen LogP contribution in [0.5, 0.6) is 0 Å². The average molecular weight is 210 g/mol. The van der Waals surface area contributed by atoms with Gasteiger partial charge in [0.2, 0.25) is 0 Å². The van der Waals surface area contributed by atoms with E-state index in [1.54, 1.807) is 12.1 Å². The lowest BCUT2D eigenvalue weighted by atomic mass is 10.1. The van der Waals surface area contributed by atoms with Crippen LogP contribution in [0.15, 0.2) is 18.2 Å². The summed E-state index contributed by atoms with van der Waals surface area (Å²) in [6.45, 7) is 4.20. The second-order valence-electron chi connectivity index (χ2n) is 3.50. The van der Waals surface area contributed by atoms with E-state index >= 15 is 0 Å². The van der Waals surface area contributed by atoms with Gasteiger partial charge >= 0.3 is 0 Å². The third-order valence-corrected chi connectivity index (χ3v) is 2.31. The Morgan fingerprint density at radius 2 is 2.27 bits per heavy atom. The molecule has 82 valence electrons. The first-order chi connectivity index (χ1) is 7.17. The molecule has 15 heavy (non-hydrogen) atoms. The summed E-state index contributed by atoms with van der Waals surface area (Å²) in [5, 5.41) is 0. The van der Waals surface area contributed by atoms with Gasteiger partial charge in [-0.3, -0.25) is 4.79 Å². The Bertz CT molecular complexity index is 336. The molecule has 0 bridgehead atoms. The van der Waals surface area contributed by atoms with Gasteiger partial charge in [0, 0.05) is 11.1 Å². The number of ether oxygens (including phenoxy) is 1. The van der Waals surface area contributed by atoms with Crippen molar-refractivity contribution in [2.24, 2.45) is 0 Å². The maximum absolute atomic E-state index is 13.4. The molecule has 1 aromatic rings. The minimum absolute atomic E-state index is 0.121. The first-order valence-corrected chi connectivity index (χ1v) is 5.02. The molecule has 1 atom stereocenters. The molecule has 0 saturated heterocycles. The minimum atomic E-state index is -0.386. The Morgan fingerprint density at radius 1 is 1.53 bits per heavy atom. The summed E-state index contributed by atoms with van der Waals surface area (Å²) < 4.78 is 18.8. The van der Waals surface area contributed by atoms with Crippen LogP contribution in [0.2, 0.25) is 0 Å². The van der Waals surface area contributed by atoms with E-state index in [9.17, 15) is 9.18 Å². The smallest absolute Gasteiger partial charge is 0.150 e. The number of benzene rings is 1. The van der Waals surface area contributed by atoms with E-state index in [4.69, 9.17) is 4.74 Å². The second-order valence-corrected chi connectivity index (χ2v) is 3.50. The topological polar surface area (TPSA) is 26.3 Å². The van der Waals surface area contributed by atoms with Crippen molar-refractivity contribution in [2.75, 3.05) is 0 Å². The largest absolute Gasteiger partial charge is 0.374 e. The van der Waals surface area contributed by atoms with Gasteiger partial charge < -0.3 is 4.74 Å². The highest BCUT2D eigenvalue weighted by Gasteiger charge is 2.05. The number of carbonyl (C=O) groups is 1. The van der Waals surface area contributed by atoms with Gasteiger partial charge in [0.1, 0.15) is 12.1 Å². The van der Waals surface area contributed by atoms with Crippen molar-refractivity contribution in [3.63, 3.8) is 0 Å². The number of carbonyl (C=O) groups excluding carboxylic acids is 1. The molecular formula is C12H15FO2. The van der Waals surface area contributed by atoms with Crippen LogP contribution < -0.4 is 0 Å². The van der Waals surface area contributed by atoms with E-state index in [1.807, 2.05) is 13.8 Å². The van der Waals surface area contributed by atoms with Gasteiger partial charge in [0.25, 0.3) is 0 Å². The molecule has 0 aliphatic rings. The Hall–Kier alpha value is -1.22. The fourth-order valence-corrected chi connectivity index (χ4v) is 1.10. The predicted molar refractivity (Wildman–Crippen MR) is 56.3 cm³/mol. The maximum Gasteiger partial charge on any atom is 0.150 e. The van der Waals surface area contributed by atoms with Crippen LogP contribution in [0.1, 0.15) is 36.2 Å². The van der Waals surface area contributed by atoms with Crippen LogP contribution in [0.4, 0.5) is 4.39 Å². The van der Waals surface area contributed by atoms with E-state index in [0.29, 0.717) is 17.4 Å². The quantitative estimate of drug-likeness (QED) is 0.698. The molecule has 0 unspecified atom stereocenters. The standard InChI is InChI=1S/C12H15FO2/c1-3-9(2)15-8-11-5-4-10(7-14)6-12(11)13/h4-7,9H,3,8H2,1-2H3/t9-/m1/s1. The summed E-state index contributed by atoms with van der Waals surface area (Å²) in [7, 11) is 0. The average Bonchev–Trinajstić information content (AvgIpc) is 2.26. The van der Waals surface area contributed by atoms with E-state index in [1.165, 1.54) is 6.07 Å². The molecule has 0 heterocycles. The van der Waals surface area contributed by atoms with Gasteiger partial charge in [-0.1, -0.05) is 19.1 Å². The van der Waals surface area contributed by atoms with Crippen LogP contribution in [0.3, 0.4) is 0 Å². The SMILES string of the molecule is CC[C@@H](C)OCc1ccc(C=O)cc1F. The van der Waals surface area contributed by atoms with Crippen LogP contribution in [-0.2, 0) is 11.3 Å². The maximum atomic E-state index is 13.4. The van der Waals surface area contributed by atoms with Crippen LogP contribution >= 0.6 is 0 Å². The van der Waals surface area contributed by atoms with Crippen molar-refractivity contribution >= 4 is 6.29 Å². The van der Waals surface area contributed by atoms with Gasteiger partial charge in [0.05, 0.1) is 12.7 Å². The molecule has 0 aliphatic carbocycles. The molecule has 1 rings (SSSR count). The Morgan fingerprint density at radius 3 is 2.80 bits per heavy atom. The van der Waals surface area contributed by atoms with Gasteiger partial charge in [-0.25, -0.2) is 4.39 Å². The van der Waals surface area contributed by atoms with Crippen LogP contribution in [0.25, 0.3) is 0 Å². The minimum Gasteiger partial charge on any atom is -0.374 e. The van der Waals surface area contributed by atoms with Crippen molar-refractivity contribution in [3.05, 3.63) is 35.1 Å². The molecule has 0 fully saturated rings. The van der Waals surface area contributed by atoms with Crippen LogP contribution in [0, 0.1) is 5.82 Å². The Labute approximate surface area is 89.1 Å². The number of hydrogen-bond donors (Lipinski definition) is 0. The Kier molecular flexibility index (Phi) is 4.43. The van der Waals surface area contributed by atoms with Gasteiger partial charge in [-0.05, 0) is 19.4 Å². The summed E-state index contributed by atoms with van der Waals surface area (Å²) in [4.78, 5) is 10.4. The third kappa shape index (κ3) is 3.44. The molecule has 0 aromatic heterocycles. The van der Waals surface area contributed by atoms with E-state index in [2.05, 4.69) is 0 Å². The van der Waals surface area contributed by atoms with Gasteiger partial charge in [-0.15, -0.1) is 0 Å².